The fourth-order valence-electron chi connectivity index (χ4n) is 1.91. The molecule has 8 heteroatoms. The van der Waals surface area contributed by atoms with Gasteiger partial charge in [0, 0.05) is 0 Å². The predicted octanol–water partition coefficient (Wildman–Crippen LogP) is 4.37. The number of aryl methyl sites for hydroxylation is 1. The quantitative estimate of drug-likeness (QED) is 0.836. The van der Waals surface area contributed by atoms with E-state index in [1.165, 1.54) is 41.3 Å². The van der Waals surface area contributed by atoms with Crippen molar-refractivity contribution in [1.29, 1.82) is 0 Å². The second-order valence-electron chi connectivity index (χ2n) is 4.48. The third kappa shape index (κ3) is 4.01. The Morgan fingerprint density at radius 1 is 1.36 bits per heavy atom. The molecule has 1 N–H and O–H groups in total. The third-order valence-corrected chi connectivity index (χ3v) is 5.14. The van der Waals surface area contributed by atoms with Crippen LogP contribution in [-0.4, -0.2) is 17.1 Å². The van der Waals surface area contributed by atoms with E-state index in [1.54, 1.807) is 0 Å². The molecule has 1 amide bonds. The topological polar surface area (TPSA) is 42.0 Å². The van der Waals surface area contributed by atoms with Gasteiger partial charge < -0.3 is 5.32 Å². The first-order valence-corrected chi connectivity index (χ1v) is 8.31. The van der Waals surface area contributed by atoms with Crippen LogP contribution in [0.1, 0.15) is 16.8 Å². The van der Waals surface area contributed by atoms with Crippen molar-refractivity contribution in [3.8, 4) is 0 Å². The van der Waals surface area contributed by atoms with E-state index in [0.717, 1.165) is 16.0 Å². The number of thiazole rings is 1. The molecule has 3 nitrogen and oxygen atoms in total. The van der Waals surface area contributed by atoms with E-state index in [1.807, 2.05) is 13.2 Å². The van der Waals surface area contributed by atoms with Crippen molar-refractivity contribution in [2.45, 2.75) is 23.7 Å². The maximum atomic E-state index is 12.9. The number of aromatic nitrogens is 1. The Morgan fingerprint density at radius 2 is 2.05 bits per heavy atom. The smallest absolute Gasteiger partial charge is 0.302 e. The standard InChI is InChI=1S/C14H13F3N2OS2/c1-8-12(21-2)22-13(18-8)19-11(20)7-9-5-3-4-6-10(9)14(15,16)17/h3-6H,7H2,1-2H3,(H,18,19,20). The zero-order chi connectivity index (χ0) is 16.3. The van der Waals surface area contributed by atoms with Crippen molar-refractivity contribution in [3.05, 3.63) is 41.1 Å². The fourth-order valence-corrected chi connectivity index (χ4v) is 3.54. The lowest BCUT2D eigenvalue weighted by atomic mass is 10.0. The SMILES string of the molecule is CSc1sc(NC(=O)Cc2ccccc2C(F)(F)F)nc1C. The van der Waals surface area contributed by atoms with Gasteiger partial charge in [0.05, 0.1) is 21.9 Å². The van der Waals surface area contributed by atoms with E-state index in [9.17, 15) is 18.0 Å². The lowest BCUT2D eigenvalue weighted by molar-refractivity contribution is -0.138. The molecule has 1 aromatic heterocycles. The maximum Gasteiger partial charge on any atom is 0.416 e. The van der Waals surface area contributed by atoms with Crippen LogP contribution in [0.25, 0.3) is 0 Å². The summed E-state index contributed by atoms with van der Waals surface area (Å²) in [6, 6.07) is 5.07. The summed E-state index contributed by atoms with van der Waals surface area (Å²) in [7, 11) is 0. The number of amides is 1. The minimum Gasteiger partial charge on any atom is -0.302 e. The highest BCUT2D eigenvalue weighted by Crippen LogP contribution is 2.33. The van der Waals surface area contributed by atoms with Crippen LogP contribution >= 0.6 is 23.1 Å². The molecule has 0 aliphatic heterocycles. The van der Waals surface area contributed by atoms with Crippen LogP contribution in [0, 0.1) is 6.92 Å². The van der Waals surface area contributed by atoms with Crippen LogP contribution < -0.4 is 5.32 Å². The van der Waals surface area contributed by atoms with Gasteiger partial charge in [-0.2, -0.15) is 13.2 Å². The van der Waals surface area contributed by atoms with E-state index in [4.69, 9.17) is 0 Å². The first kappa shape index (κ1) is 16.8. The Kier molecular flexibility index (Phi) is 5.12. The fraction of sp³-hybridized carbons (Fsp3) is 0.286. The number of alkyl halides is 3. The summed E-state index contributed by atoms with van der Waals surface area (Å²) in [6.07, 6.45) is -2.92. The molecule has 0 saturated carbocycles. The van der Waals surface area contributed by atoms with Gasteiger partial charge in [-0.3, -0.25) is 4.79 Å². The summed E-state index contributed by atoms with van der Waals surface area (Å²) in [5.41, 5.74) is -0.0420. The molecule has 118 valence electrons. The summed E-state index contributed by atoms with van der Waals surface area (Å²) in [5.74, 6) is -0.516. The monoisotopic (exact) mass is 346 g/mol. The average molecular weight is 346 g/mol. The number of carbonyl (C=O) groups excluding carboxylic acids is 1. The molecular formula is C14H13F3N2OS2. The van der Waals surface area contributed by atoms with Crippen molar-refractivity contribution in [3.63, 3.8) is 0 Å². The molecule has 1 heterocycles. The molecule has 0 atom stereocenters. The van der Waals surface area contributed by atoms with Gasteiger partial charge in [-0.05, 0) is 24.8 Å². The zero-order valence-electron chi connectivity index (χ0n) is 11.8. The van der Waals surface area contributed by atoms with Crippen LogP contribution in [0.4, 0.5) is 18.3 Å². The van der Waals surface area contributed by atoms with Crippen molar-refractivity contribution < 1.29 is 18.0 Å². The highest BCUT2D eigenvalue weighted by atomic mass is 32.2. The van der Waals surface area contributed by atoms with Gasteiger partial charge in [0.1, 0.15) is 0 Å². The first-order chi connectivity index (χ1) is 10.3. The second-order valence-corrected chi connectivity index (χ2v) is 6.55. The number of thioether (sulfide) groups is 1. The molecule has 2 aromatic rings. The van der Waals surface area contributed by atoms with Gasteiger partial charge in [0.25, 0.3) is 0 Å². The Bertz CT molecular complexity index is 683. The Morgan fingerprint density at radius 3 is 2.64 bits per heavy atom. The predicted molar refractivity (Wildman–Crippen MR) is 82.4 cm³/mol. The first-order valence-electron chi connectivity index (χ1n) is 6.27. The van der Waals surface area contributed by atoms with E-state index in [2.05, 4.69) is 10.3 Å². The van der Waals surface area contributed by atoms with Crippen molar-refractivity contribution in [2.75, 3.05) is 11.6 Å². The number of carbonyl (C=O) groups is 1. The van der Waals surface area contributed by atoms with Crippen molar-refractivity contribution in [1.82, 2.24) is 4.98 Å². The van der Waals surface area contributed by atoms with Crippen LogP contribution in [-0.2, 0) is 17.4 Å². The minimum absolute atomic E-state index is 0.0501. The average Bonchev–Trinajstić information content (AvgIpc) is 2.77. The lowest BCUT2D eigenvalue weighted by Crippen LogP contribution is -2.17. The number of hydrogen-bond donors (Lipinski definition) is 1. The molecule has 0 fully saturated rings. The van der Waals surface area contributed by atoms with Crippen LogP contribution in [0.5, 0.6) is 0 Å². The zero-order valence-corrected chi connectivity index (χ0v) is 13.5. The minimum atomic E-state index is -4.47. The molecule has 0 saturated heterocycles. The summed E-state index contributed by atoms with van der Waals surface area (Å²) >= 11 is 2.81. The number of benzene rings is 1. The molecule has 22 heavy (non-hydrogen) atoms. The summed E-state index contributed by atoms with van der Waals surface area (Å²) in [6.45, 7) is 1.82. The Labute approximate surface area is 134 Å². The lowest BCUT2D eigenvalue weighted by Gasteiger charge is -2.12. The normalized spacial score (nSPS) is 11.5. The second kappa shape index (κ2) is 6.70. The van der Waals surface area contributed by atoms with Crippen LogP contribution in [0.2, 0.25) is 0 Å². The number of rotatable bonds is 4. The van der Waals surface area contributed by atoms with Crippen LogP contribution in [0.15, 0.2) is 28.5 Å². The molecule has 2 rings (SSSR count). The van der Waals surface area contributed by atoms with E-state index < -0.39 is 17.6 Å². The molecule has 0 aliphatic rings. The van der Waals surface area contributed by atoms with Gasteiger partial charge in [-0.1, -0.05) is 29.5 Å². The number of nitrogens with zero attached hydrogens (tertiary/aromatic N) is 1. The number of hydrogen-bond acceptors (Lipinski definition) is 4. The van der Waals surface area contributed by atoms with Crippen LogP contribution in [0.3, 0.4) is 0 Å². The summed E-state index contributed by atoms with van der Waals surface area (Å²) < 4.78 is 39.6. The van der Waals surface area contributed by atoms with Gasteiger partial charge >= 0.3 is 6.18 Å². The maximum absolute atomic E-state index is 12.9. The van der Waals surface area contributed by atoms with Gasteiger partial charge in [0.15, 0.2) is 5.13 Å². The highest BCUT2D eigenvalue weighted by Gasteiger charge is 2.33. The van der Waals surface area contributed by atoms with E-state index in [0.29, 0.717) is 5.13 Å². The Balaban J connectivity index is 2.12. The number of halogens is 3. The summed E-state index contributed by atoms with van der Waals surface area (Å²) in [5, 5.41) is 2.95. The highest BCUT2D eigenvalue weighted by molar-refractivity contribution is 8.00. The third-order valence-electron chi connectivity index (χ3n) is 2.86. The molecular weight excluding hydrogens is 333 g/mol. The molecule has 0 aliphatic carbocycles. The largest absolute Gasteiger partial charge is 0.416 e. The molecule has 0 radical (unpaired) electrons. The van der Waals surface area contributed by atoms with Gasteiger partial charge in [0.2, 0.25) is 5.91 Å². The van der Waals surface area contributed by atoms with Gasteiger partial charge in [-0.15, -0.1) is 11.8 Å². The van der Waals surface area contributed by atoms with E-state index in [-0.39, 0.29) is 12.0 Å². The van der Waals surface area contributed by atoms with Gasteiger partial charge in [-0.25, -0.2) is 4.98 Å². The number of anilines is 1. The Hall–Kier alpha value is -1.54. The molecule has 1 aromatic carbocycles. The number of nitrogens with one attached hydrogen (secondary N) is 1. The van der Waals surface area contributed by atoms with Crippen molar-refractivity contribution in [2.24, 2.45) is 0 Å². The molecule has 0 bridgehead atoms. The van der Waals surface area contributed by atoms with E-state index >= 15 is 0 Å². The molecule has 0 spiro atoms. The van der Waals surface area contributed by atoms with Crippen molar-refractivity contribution >= 4 is 34.1 Å². The molecule has 0 unspecified atom stereocenters. The summed E-state index contributed by atoms with van der Waals surface area (Å²) in [4.78, 5) is 16.1.